The highest BCUT2D eigenvalue weighted by Gasteiger charge is 2.36. The summed E-state index contributed by atoms with van der Waals surface area (Å²) in [6, 6.07) is 0. The van der Waals surface area contributed by atoms with Gasteiger partial charge in [0.05, 0.1) is 17.9 Å². The lowest BCUT2D eigenvalue weighted by atomic mass is 9.82. The molecule has 0 aromatic heterocycles. The molecule has 1 N–H and O–H groups in total. The summed E-state index contributed by atoms with van der Waals surface area (Å²) in [5, 5.41) is 9.23. The predicted molar refractivity (Wildman–Crippen MR) is 69.6 cm³/mol. The molecule has 0 radical (unpaired) electrons. The van der Waals surface area contributed by atoms with Crippen LogP contribution in [0, 0.1) is 11.8 Å². The smallest absolute Gasteiger partial charge is 0.307 e. The fourth-order valence-corrected chi connectivity index (χ4v) is 2.79. The van der Waals surface area contributed by atoms with Crippen LogP contribution in [0.2, 0.25) is 0 Å². The number of hydrogen-bond donors (Lipinski definition) is 1. The Morgan fingerprint density at radius 2 is 1.95 bits per heavy atom. The Morgan fingerprint density at radius 3 is 2.63 bits per heavy atom. The summed E-state index contributed by atoms with van der Waals surface area (Å²) in [4.78, 5) is 25.6. The van der Waals surface area contributed by atoms with Crippen molar-refractivity contribution in [3.8, 4) is 0 Å². The molecule has 5 nitrogen and oxygen atoms in total. The Balaban J connectivity index is 2.08. The van der Waals surface area contributed by atoms with Gasteiger partial charge in [0.2, 0.25) is 5.91 Å². The molecule has 1 amide bonds. The van der Waals surface area contributed by atoms with E-state index in [1.165, 1.54) is 0 Å². The molecule has 2 aliphatic rings. The standard InChI is InChI=1S/C14H21NO4/c1-10-9-15(7-4-8-19-10)13(16)11-5-2-3-6-12(11)14(17)18/h2-3,10-12H,4-9H2,1H3,(H,17,18). The number of ether oxygens (including phenoxy) is 1. The Labute approximate surface area is 113 Å². The third-order valence-corrected chi connectivity index (χ3v) is 3.83. The van der Waals surface area contributed by atoms with E-state index in [4.69, 9.17) is 4.74 Å². The third kappa shape index (κ3) is 3.35. The van der Waals surface area contributed by atoms with Crippen LogP contribution in [-0.4, -0.2) is 47.7 Å². The first-order chi connectivity index (χ1) is 9.09. The van der Waals surface area contributed by atoms with Gasteiger partial charge in [-0.05, 0) is 26.2 Å². The summed E-state index contributed by atoms with van der Waals surface area (Å²) >= 11 is 0. The minimum atomic E-state index is -0.873. The van der Waals surface area contributed by atoms with E-state index in [9.17, 15) is 14.7 Å². The lowest BCUT2D eigenvalue weighted by Crippen LogP contribution is -2.44. The van der Waals surface area contributed by atoms with Crippen molar-refractivity contribution in [3.05, 3.63) is 12.2 Å². The van der Waals surface area contributed by atoms with Crippen LogP contribution in [0.15, 0.2) is 12.2 Å². The molecule has 3 atom stereocenters. The zero-order chi connectivity index (χ0) is 13.8. The highest BCUT2D eigenvalue weighted by Crippen LogP contribution is 2.28. The van der Waals surface area contributed by atoms with Crippen molar-refractivity contribution < 1.29 is 19.4 Å². The molecule has 1 heterocycles. The van der Waals surface area contributed by atoms with Gasteiger partial charge in [-0.3, -0.25) is 9.59 Å². The maximum absolute atomic E-state index is 12.5. The van der Waals surface area contributed by atoms with Gasteiger partial charge in [0.25, 0.3) is 0 Å². The zero-order valence-corrected chi connectivity index (χ0v) is 11.2. The largest absolute Gasteiger partial charge is 0.481 e. The summed E-state index contributed by atoms with van der Waals surface area (Å²) < 4.78 is 5.52. The monoisotopic (exact) mass is 267 g/mol. The highest BCUT2D eigenvalue weighted by molar-refractivity contribution is 5.85. The van der Waals surface area contributed by atoms with Crippen molar-refractivity contribution in [2.75, 3.05) is 19.7 Å². The summed E-state index contributed by atoms with van der Waals surface area (Å²) in [5.41, 5.74) is 0. The van der Waals surface area contributed by atoms with Gasteiger partial charge in [-0.2, -0.15) is 0 Å². The van der Waals surface area contributed by atoms with Crippen LogP contribution in [0.1, 0.15) is 26.2 Å². The number of hydrogen-bond acceptors (Lipinski definition) is 3. The first-order valence-electron chi connectivity index (χ1n) is 6.87. The molecule has 106 valence electrons. The number of aliphatic carboxylic acids is 1. The predicted octanol–water partition coefficient (Wildman–Crippen LogP) is 1.29. The number of rotatable bonds is 2. The molecule has 0 aromatic rings. The average molecular weight is 267 g/mol. The molecule has 0 bridgehead atoms. The third-order valence-electron chi connectivity index (χ3n) is 3.83. The Morgan fingerprint density at radius 1 is 1.26 bits per heavy atom. The van der Waals surface area contributed by atoms with Crippen molar-refractivity contribution in [1.82, 2.24) is 4.90 Å². The summed E-state index contributed by atoms with van der Waals surface area (Å²) in [7, 11) is 0. The van der Waals surface area contributed by atoms with Crippen molar-refractivity contribution in [1.29, 1.82) is 0 Å². The molecule has 1 aliphatic heterocycles. The van der Waals surface area contributed by atoms with E-state index in [0.717, 1.165) is 6.42 Å². The second kappa shape index (κ2) is 6.19. The molecule has 0 saturated carbocycles. The SMILES string of the molecule is CC1CN(C(=O)C2CC=CCC2C(=O)O)CCCO1. The Bertz CT molecular complexity index is 380. The van der Waals surface area contributed by atoms with Crippen LogP contribution in [0.3, 0.4) is 0 Å². The van der Waals surface area contributed by atoms with Gasteiger partial charge in [-0.15, -0.1) is 0 Å². The van der Waals surface area contributed by atoms with E-state index in [0.29, 0.717) is 32.5 Å². The van der Waals surface area contributed by atoms with Crippen LogP contribution >= 0.6 is 0 Å². The average Bonchev–Trinajstić information content (AvgIpc) is 2.62. The second-order valence-corrected chi connectivity index (χ2v) is 5.31. The minimum Gasteiger partial charge on any atom is -0.481 e. The van der Waals surface area contributed by atoms with E-state index in [1.807, 2.05) is 19.1 Å². The molecule has 5 heteroatoms. The maximum Gasteiger partial charge on any atom is 0.307 e. The first-order valence-corrected chi connectivity index (χ1v) is 6.87. The van der Waals surface area contributed by atoms with Crippen molar-refractivity contribution in [3.63, 3.8) is 0 Å². The number of amides is 1. The highest BCUT2D eigenvalue weighted by atomic mass is 16.5. The van der Waals surface area contributed by atoms with E-state index in [1.54, 1.807) is 4.90 Å². The normalized spacial score (nSPS) is 31.8. The Hall–Kier alpha value is -1.36. The van der Waals surface area contributed by atoms with Gasteiger partial charge in [-0.25, -0.2) is 0 Å². The van der Waals surface area contributed by atoms with E-state index in [-0.39, 0.29) is 12.0 Å². The van der Waals surface area contributed by atoms with E-state index < -0.39 is 17.8 Å². The second-order valence-electron chi connectivity index (χ2n) is 5.31. The van der Waals surface area contributed by atoms with Gasteiger partial charge in [-0.1, -0.05) is 12.2 Å². The van der Waals surface area contributed by atoms with E-state index in [2.05, 4.69) is 0 Å². The number of carboxylic acid groups (broad SMARTS) is 1. The topological polar surface area (TPSA) is 66.8 Å². The van der Waals surface area contributed by atoms with Crippen LogP contribution in [0.5, 0.6) is 0 Å². The van der Waals surface area contributed by atoms with Gasteiger partial charge in [0, 0.05) is 19.7 Å². The van der Waals surface area contributed by atoms with Gasteiger partial charge in [0.1, 0.15) is 0 Å². The molecule has 1 aliphatic carbocycles. The number of nitrogens with zero attached hydrogens (tertiary/aromatic N) is 1. The summed E-state index contributed by atoms with van der Waals surface area (Å²) in [5.74, 6) is -1.92. The molecule has 3 unspecified atom stereocenters. The van der Waals surface area contributed by atoms with E-state index >= 15 is 0 Å². The minimum absolute atomic E-state index is 0.0221. The Kier molecular flexibility index (Phi) is 4.58. The molecule has 0 spiro atoms. The van der Waals surface area contributed by atoms with Gasteiger partial charge < -0.3 is 14.7 Å². The van der Waals surface area contributed by atoms with Crippen LogP contribution in [-0.2, 0) is 14.3 Å². The molecule has 2 rings (SSSR count). The van der Waals surface area contributed by atoms with Crippen molar-refractivity contribution in [2.24, 2.45) is 11.8 Å². The van der Waals surface area contributed by atoms with Crippen molar-refractivity contribution in [2.45, 2.75) is 32.3 Å². The molecule has 0 aromatic carbocycles. The fraction of sp³-hybridized carbons (Fsp3) is 0.714. The molecule has 1 saturated heterocycles. The number of carbonyl (C=O) groups is 2. The van der Waals surface area contributed by atoms with Crippen LogP contribution < -0.4 is 0 Å². The first kappa shape index (κ1) is 14.1. The molecular formula is C14H21NO4. The van der Waals surface area contributed by atoms with Crippen LogP contribution in [0.25, 0.3) is 0 Å². The number of carbonyl (C=O) groups excluding carboxylic acids is 1. The fourth-order valence-electron chi connectivity index (χ4n) is 2.79. The van der Waals surface area contributed by atoms with Crippen LogP contribution in [0.4, 0.5) is 0 Å². The lowest BCUT2D eigenvalue weighted by Gasteiger charge is -2.30. The molecular weight excluding hydrogens is 246 g/mol. The molecule has 1 fully saturated rings. The van der Waals surface area contributed by atoms with Gasteiger partial charge >= 0.3 is 5.97 Å². The summed E-state index contributed by atoms with van der Waals surface area (Å²) in [6.07, 6.45) is 5.59. The quantitative estimate of drug-likeness (QED) is 0.766. The maximum atomic E-state index is 12.5. The van der Waals surface area contributed by atoms with Crippen molar-refractivity contribution >= 4 is 11.9 Å². The number of carboxylic acids is 1. The number of allylic oxidation sites excluding steroid dienone is 2. The lowest BCUT2D eigenvalue weighted by molar-refractivity contribution is -0.150. The zero-order valence-electron chi connectivity index (χ0n) is 11.2. The molecule has 19 heavy (non-hydrogen) atoms. The van der Waals surface area contributed by atoms with Gasteiger partial charge in [0.15, 0.2) is 0 Å². The summed E-state index contributed by atoms with van der Waals surface area (Å²) in [6.45, 7) is 3.83.